The van der Waals surface area contributed by atoms with Gasteiger partial charge in [-0.25, -0.2) is 9.78 Å². The van der Waals surface area contributed by atoms with Crippen molar-refractivity contribution in [2.24, 2.45) is 0 Å². The van der Waals surface area contributed by atoms with E-state index in [0.717, 1.165) is 10.6 Å². The Morgan fingerprint density at radius 1 is 1.25 bits per heavy atom. The van der Waals surface area contributed by atoms with Crippen molar-refractivity contribution in [1.82, 2.24) is 4.98 Å². The fraction of sp³-hybridized carbons (Fsp3) is 0.333. The summed E-state index contributed by atoms with van der Waals surface area (Å²) in [4.78, 5) is 16.1. The predicted molar refractivity (Wildman–Crippen MR) is 82.6 cm³/mol. The molecule has 106 valence electrons. The van der Waals surface area contributed by atoms with Crippen molar-refractivity contribution in [2.75, 3.05) is 7.11 Å². The molecule has 0 unspecified atom stereocenters. The van der Waals surface area contributed by atoms with Gasteiger partial charge in [-0.15, -0.1) is 11.3 Å². The summed E-state index contributed by atoms with van der Waals surface area (Å²) in [6.45, 7) is 6.49. The van der Waals surface area contributed by atoms with Gasteiger partial charge in [-0.2, -0.15) is 0 Å². The summed E-state index contributed by atoms with van der Waals surface area (Å²) >= 11 is 7.21. The van der Waals surface area contributed by atoms with Gasteiger partial charge in [0.05, 0.1) is 7.11 Å². The second kappa shape index (κ2) is 5.54. The van der Waals surface area contributed by atoms with E-state index in [0.29, 0.717) is 4.88 Å². The van der Waals surface area contributed by atoms with Crippen molar-refractivity contribution in [2.45, 2.75) is 26.2 Å². The molecule has 5 heteroatoms. The van der Waals surface area contributed by atoms with Crippen LogP contribution < -0.4 is 0 Å². The van der Waals surface area contributed by atoms with E-state index < -0.39 is 5.97 Å². The quantitative estimate of drug-likeness (QED) is 0.764. The van der Waals surface area contributed by atoms with Gasteiger partial charge in [0.2, 0.25) is 0 Å². The largest absolute Gasteiger partial charge is 0.465 e. The van der Waals surface area contributed by atoms with Crippen LogP contribution in [-0.4, -0.2) is 18.1 Å². The third-order valence-corrected chi connectivity index (χ3v) is 4.42. The normalized spacial score (nSPS) is 11.4. The molecule has 0 bridgehead atoms. The van der Waals surface area contributed by atoms with Gasteiger partial charge in [0.25, 0.3) is 0 Å². The molecule has 0 spiro atoms. The van der Waals surface area contributed by atoms with Crippen LogP contribution in [0, 0.1) is 0 Å². The standard InChI is InChI=1S/C15H16ClNO2S/c1-15(2,3)10-7-5-9(6-8-10)13-17-12(16)11(20-13)14(18)19-4/h5-8H,1-4H3. The predicted octanol–water partition coefficient (Wildman–Crippen LogP) is 4.55. The number of ether oxygens (including phenoxy) is 1. The van der Waals surface area contributed by atoms with E-state index in [2.05, 4.69) is 42.6 Å². The van der Waals surface area contributed by atoms with Crippen LogP contribution in [0.15, 0.2) is 24.3 Å². The van der Waals surface area contributed by atoms with Crippen molar-refractivity contribution in [1.29, 1.82) is 0 Å². The Kier molecular flexibility index (Phi) is 4.16. The van der Waals surface area contributed by atoms with Crippen LogP contribution in [0.5, 0.6) is 0 Å². The molecule has 0 saturated carbocycles. The number of halogens is 1. The lowest BCUT2D eigenvalue weighted by molar-refractivity contribution is 0.0606. The monoisotopic (exact) mass is 309 g/mol. The highest BCUT2D eigenvalue weighted by atomic mass is 35.5. The van der Waals surface area contributed by atoms with Crippen LogP contribution in [0.2, 0.25) is 5.15 Å². The first-order valence-corrected chi connectivity index (χ1v) is 7.38. The van der Waals surface area contributed by atoms with E-state index in [4.69, 9.17) is 11.6 Å². The van der Waals surface area contributed by atoms with E-state index in [1.54, 1.807) is 0 Å². The molecule has 1 aromatic carbocycles. The third-order valence-electron chi connectivity index (χ3n) is 2.95. The minimum atomic E-state index is -0.454. The van der Waals surface area contributed by atoms with Crippen LogP contribution >= 0.6 is 22.9 Å². The van der Waals surface area contributed by atoms with Crippen LogP contribution in [-0.2, 0) is 10.2 Å². The Labute approximate surface area is 127 Å². The number of carbonyl (C=O) groups is 1. The Morgan fingerprint density at radius 2 is 1.85 bits per heavy atom. The zero-order valence-electron chi connectivity index (χ0n) is 11.9. The molecule has 0 saturated heterocycles. The molecule has 1 heterocycles. The Hall–Kier alpha value is -1.39. The number of methoxy groups -OCH3 is 1. The molecular weight excluding hydrogens is 294 g/mol. The summed E-state index contributed by atoms with van der Waals surface area (Å²) in [5.41, 5.74) is 2.30. The number of esters is 1. The Morgan fingerprint density at radius 3 is 2.35 bits per heavy atom. The number of thiazole rings is 1. The first-order valence-electron chi connectivity index (χ1n) is 6.18. The highest BCUT2D eigenvalue weighted by molar-refractivity contribution is 7.17. The molecule has 1 aromatic heterocycles. The third kappa shape index (κ3) is 3.02. The van der Waals surface area contributed by atoms with Gasteiger partial charge < -0.3 is 4.74 Å². The molecule has 0 aliphatic rings. The molecule has 0 aliphatic heterocycles. The number of aromatic nitrogens is 1. The second-order valence-electron chi connectivity index (χ2n) is 5.46. The smallest absolute Gasteiger partial charge is 0.351 e. The zero-order valence-corrected chi connectivity index (χ0v) is 13.4. The van der Waals surface area contributed by atoms with Crippen LogP contribution in [0.3, 0.4) is 0 Å². The molecule has 0 atom stereocenters. The number of hydrogen-bond donors (Lipinski definition) is 0. The topological polar surface area (TPSA) is 39.2 Å². The zero-order chi connectivity index (χ0) is 14.9. The van der Waals surface area contributed by atoms with Crippen LogP contribution in [0.1, 0.15) is 36.0 Å². The molecule has 3 nitrogen and oxygen atoms in total. The van der Waals surface area contributed by atoms with Gasteiger partial charge in [-0.3, -0.25) is 0 Å². The second-order valence-corrected chi connectivity index (χ2v) is 6.81. The molecule has 20 heavy (non-hydrogen) atoms. The van der Waals surface area contributed by atoms with E-state index in [1.165, 1.54) is 24.0 Å². The van der Waals surface area contributed by atoms with Crippen molar-refractivity contribution >= 4 is 28.9 Å². The van der Waals surface area contributed by atoms with Gasteiger partial charge in [-0.05, 0) is 11.0 Å². The minimum absolute atomic E-state index is 0.107. The number of hydrogen-bond acceptors (Lipinski definition) is 4. The average molecular weight is 310 g/mol. The summed E-state index contributed by atoms with van der Waals surface area (Å²) in [7, 11) is 1.33. The SMILES string of the molecule is COC(=O)c1sc(-c2ccc(C(C)(C)C)cc2)nc1Cl. The summed E-state index contributed by atoms with van der Waals surface area (Å²) in [5.74, 6) is -0.454. The fourth-order valence-electron chi connectivity index (χ4n) is 1.76. The van der Waals surface area contributed by atoms with Gasteiger partial charge in [0, 0.05) is 5.56 Å². The first-order chi connectivity index (χ1) is 9.32. The first kappa shape index (κ1) is 15.0. The van der Waals surface area contributed by atoms with Gasteiger partial charge in [0.1, 0.15) is 5.01 Å². The Bertz CT molecular complexity index is 626. The van der Waals surface area contributed by atoms with E-state index in [1.807, 2.05) is 12.1 Å². The van der Waals surface area contributed by atoms with E-state index in [9.17, 15) is 4.79 Å². The number of benzene rings is 1. The summed E-state index contributed by atoms with van der Waals surface area (Å²) in [5, 5.41) is 0.910. The summed E-state index contributed by atoms with van der Waals surface area (Å²) < 4.78 is 4.68. The molecule has 0 amide bonds. The molecule has 2 aromatic rings. The fourth-order valence-corrected chi connectivity index (χ4v) is 2.96. The molecule has 0 aliphatic carbocycles. The average Bonchev–Trinajstić information content (AvgIpc) is 2.79. The van der Waals surface area contributed by atoms with Crippen LogP contribution in [0.25, 0.3) is 10.6 Å². The van der Waals surface area contributed by atoms with Crippen molar-refractivity contribution in [3.63, 3.8) is 0 Å². The van der Waals surface area contributed by atoms with Crippen molar-refractivity contribution in [3.8, 4) is 10.6 Å². The highest BCUT2D eigenvalue weighted by Gasteiger charge is 2.19. The van der Waals surface area contributed by atoms with E-state index in [-0.39, 0.29) is 10.6 Å². The van der Waals surface area contributed by atoms with Crippen molar-refractivity contribution < 1.29 is 9.53 Å². The van der Waals surface area contributed by atoms with Gasteiger partial charge in [0.15, 0.2) is 10.0 Å². The molecule has 0 N–H and O–H groups in total. The van der Waals surface area contributed by atoms with Crippen molar-refractivity contribution in [3.05, 3.63) is 39.9 Å². The van der Waals surface area contributed by atoms with Gasteiger partial charge >= 0.3 is 5.97 Å². The van der Waals surface area contributed by atoms with Gasteiger partial charge in [-0.1, -0.05) is 56.6 Å². The maximum absolute atomic E-state index is 11.5. The lowest BCUT2D eigenvalue weighted by Gasteiger charge is -2.18. The summed E-state index contributed by atoms with van der Waals surface area (Å²) in [6, 6.07) is 8.14. The molecular formula is C15H16ClNO2S. The molecule has 2 rings (SSSR count). The maximum atomic E-state index is 11.5. The maximum Gasteiger partial charge on any atom is 0.351 e. The number of rotatable bonds is 2. The van der Waals surface area contributed by atoms with E-state index >= 15 is 0 Å². The number of carbonyl (C=O) groups excluding carboxylic acids is 1. The molecule has 0 radical (unpaired) electrons. The lowest BCUT2D eigenvalue weighted by atomic mass is 9.87. The number of nitrogens with zero attached hydrogens (tertiary/aromatic N) is 1. The Balaban J connectivity index is 2.35. The summed E-state index contributed by atoms with van der Waals surface area (Å²) in [6.07, 6.45) is 0. The lowest BCUT2D eigenvalue weighted by Crippen LogP contribution is -2.10. The minimum Gasteiger partial charge on any atom is -0.465 e. The highest BCUT2D eigenvalue weighted by Crippen LogP contribution is 2.32. The molecule has 0 fully saturated rings. The van der Waals surface area contributed by atoms with Crippen LogP contribution in [0.4, 0.5) is 0 Å².